The molecular weight excluding hydrogens is 469 g/mol. The van der Waals surface area contributed by atoms with Gasteiger partial charge in [0, 0.05) is 12.5 Å². The van der Waals surface area contributed by atoms with E-state index in [-0.39, 0.29) is 24.6 Å². The summed E-state index contributed by atoms with van der Waals surface area (Å²) in [7, 11) is 1.53. The number of alkyl halides is 3. The van der Waals surface area contributed by atoms with E-state index in [1.54, 1.807) is 36.4 Å². The summed E-state index contributed by atoms with van der Waals surface area (Å²) >= 11 is 6.40. The van der Waals surface area contributed by atoms with Gasteiger partial charge in [-0.3, -0.25) is 4.79 Å². The first-order valence-electron chi connectivity index (χ1n) is 10.8. The Morgan fingerprint density at radius 1 is 1.21 bits per heavy atom. The zero-order valence-electron chi connectivity index (χ0n) is 18.5. The second-order valence-corrected chi connectivity index (χ2v) is 8.35. The van der Waals surface area contributed by atoms with Gasteiger partial charge in [0.15, 0.2) is 0 Å². The molecule has 5 nitrogen and oxygen atoms in total. The Labute approximate surface area is 201 Å². The molecule has 0 saturated heterocycles. The molecule has 0 bridgehead atoms. The normalized spacial score (nSPS) is 16.1. The molecule has 0 fully saturated rings. The van der Waals surface area contributed by atoms with Gasteiger partial charge in [-0.2, -0.15) is 18.4 Å². The molecular formula is C25H24ClF3N2O3. The summed E-state index contributed by atoms with van der Waals surface area (Å²) in [6, 6.07) is 14.0. The monoisotopic (exact) mass is 492 g/mol. The lowest BCUT2D eigenvalue weighted by atomic mass is 9.88. The first-order chi connectivity index (χ1) is 16.2. The zero-order chi connectivity index (χ0) is 24.7. The average molecular weight is 493 g/mol. The van der Waals surface area contributed by atoms with Gasteiger partial charge in [0.2, 0.25) is 0 Å². The number of hydrogen-bond acceptors (Lipinski definition) is 4. The van der Waals surface area contributed by atoms with Gasteiger partial charge in [-0.1, -0.05) is 23.7 Å². The quantitative estimate of drug-likeness (QED) is 0.444. The maximum absolute atomic E-state index is 12.6. The number of methoxy groups -OCH3 is 1. The van der Waals surface area contributed by atoms with E-state index in [0.717, 1.165) is 5.56 Å². The molecule has 1 atom stereocenters. The highest BCUT2D eigenvalue weighted by Crippen LogP contribution is 2.35. The van der Waals surface area contributed by atoms with Crippen molar-refractivity contribution in [3.8, 4) is 17.6 Å². The minimum Gasteiger partial charge on any atom is -0.497 e. The number of nitrogens with one attached hydrogen (secondary N) is 1. The lowest BCUT2D eigenvalue weighted by molar-refractivity contribution is -0.136. The number of carbonyl (C=O) groups is 1. The van der Waals surface area contributed by atoms with Crippen molar-refractivity contribution in [1.82, 2.24) is 5.32 Å². The summed E-state index contributed by atoms with van der Waals surface area (Å²) in [4.78, 5) is 12.6. The van der Waals surface area contributed by atoms with Crippen LogP contribution in [0.25, 0.3) is 5.57 Å². The molecule has 180 valence electrons. The molecule has 2 aromatic rings. The van der Waals surface area contributed by atoms with Gasteiger partial charge in [-0.05, 0) is 72.7 Å². The Morgan fingerprint density at radius 3 is 2.68 bits per heavy atom. The van der Waals surface area contributed by atoms with E-state index in [1.807, 2.05) is 12.1 Å². The van der Waals surface area contributed by atoms with Gasteiger partial charge in [0.1, 0.15) is 23.1 Å². The minimum atomic E-state index is -4.19. The molecule has 34 heavy (non-hydrogen) atoms. The van der Waals surface area contributed by atoms with Crippen molar-refractivity contribution in [3.05, 3.63) is 64.2 Å². The van der Waals surface area contributed by atoms with Crippen molar-refractivity contribution in [2.75, 3.05) is 13.7 Å². The summed E-state index contributed by atoms with van der Waals surface area (Å²) in [5.74, 6) is 0.636. The summed E-state index contributed by atoms with van der Waals surface area (Å²) in [6.45, 7) is -0.0185. The van der Waals surface area contributed by atoms with Crippen LogP contribution in [0.1, 0.15) is 36.8 Å². The van der Waals surface area contributed by atoms with Crippen molar-refractivity contribution in [3.63, 3.8) is 0 Å². The van der Waals surface area contributed by atoms with Gasteiger partial charge >= 0.3 is 6.18 Å². The molecule has 0 radical (unpaired) electrons. The van der Waals surface area contributed by atoms with Gasteiger partial charge in [0.25, 0.3) is 5.91 Å². The van der Waals surface area contributed by atoms with Crippen LogP contribution in [0.3, 0.4) is 0 Å². The van der Waals surface area contributed by atoms with Crippen LogP contribution in [-0.4, -0.2) is 31.8 Å². The molecule has 1 N–H and O–H groups in total. The van der Waals surface area contributed by atoms with Crippen molar-refractivity contribution in [1.29, 1.82) is 5.26 Å². The number of benzene rings is 2. The van der Waals surface area contributed by atoms with Crippen molar-refractivity contribution < 1.29 is 27.4 Å². The second kappa shape index (κ2) is 11.3. The van der Waals surface area contributed by atoms with Gasteiger partial charge in [-0.15, -0.1) is 0 Å². The first kappa shape index (κ1) is 25.4. The van der Waals surface area contributed by atoms with Crippen LogP contribution in [0.15, 0.2) is 48.0 Å². The topological polar surface area (TPSA) is 71.3 Å². The molecule has 0 aromatic heterocycles. The van der Waals surface area contributed by atoms with Crippen molar-refractivity contribution in [2.45, 2.75) is 44.3 Å². The molecule has 1 aliphatic heterocycles. The number of nitriles is 1. The predicted octanol–water partition coefficient (Wildman–Crippen LogP) is 5.87. The third kappa shape index (κ3) is 6.91. The van der Waals surface area contributed by atoms with E-state index in [0.29, 0.717) is 46.9 Å². The first-order valence-corrected chi connectivity index (χ1v) is 11.1. The van der Waals surface area contributed by atoms with E-state index in [9.17, 15) is 23.2 Å². The fourth-order valence-corrected chi connectivity index (χ4v) is 4.08. The molecule has 1 unspecified atom stereocenters. The number of amides is 1. The molecule has 2 aromatic carbocycles. The SMILES string of the molecule is COc1ccc(C2=C(C#N)C(=O)NC(CCc3cccc(OCCCC(F)(F)F)c3)C2)c(Cl)c1. The Kier molecular flexibility index (Phi) is 8.46. The molecule has 3 rings (SSSR count). The van der Waals surface area contributed by atoms with Crippen LogP contribution < -0.4 is 14.8 Å². The van der Waals surface area contributed by atoms with Crippen LogP contribution in [0.5, 0.6) is 11.5 Å². The Hall–Kier alpha value is -3.18. The molecule has 9 heteroatoms. The van der Waals surface area contributed by atoms with E-state index in [2.05, 4.69) is 5.32 Å². The fraction of sp³-hybridized carbons (Fsp3) is 0.360. The van der Waals surface area contributed by atoms with Gasteiger partial charge < -0.3 is 14.8 Å². The lowest BCUT2D eigenvalue weighted by Crippen LogP contribution is -2.40. The highest BCUT2D eigenvalue weighted by Gasteiger charge is 2.29. The largest absolute Gasteiger partial charge is 0.497 e. The smallest absolute Gasteiger partial charge is 0.389 e. The summed E-state index contributed by atoms with van der Waals surface area (Å²) in [5, 5.41) is 12.8. The lowest BCUT2D eigenvalue weighted by Gasteiger charge is -2.26. The number of carbonyl (C=O) groups excluding carboxylic acids is 1. The van der Waals surface area contributed by atoms with Crippen molar-refractivity contribution >= 4 is 23.1 Å². The highest BCUT2D eigenvalue weighted by atomic mass is 35.5. The highest BCUT2D eigenvalue weighted by molar-refractivity contribution is 6.32. The molecule has 0 spiro atoms. The zero-order valence-corrected chi connectivity index (χ0v) is 19.3. The summed E-state index contributed by atoms with van der Waals surface area (Å²) in [5.41, 5.74) is 2.18. The Morgan fingerprint density at radius 2 is 2.00 bits per heavy atom. The summed E-state index contributed by atoms with van der Waals surface area (Å²) < 4.78 is 47.4. The van der Waals surface area contributed by atoms with Crippen LogP contribution >= 0.6 is 11.6 Å². The van der Waals surface area contributed by atoms with E-state index in [4.69, 9.17) is 21.1 Å². The molecule has 1 aliphatic rings. The van der Waals surface area contributed by atoms with E-state index >= 15 is 0 Å². The average Bonchev–Trinajstić information content (AvgIpc) is 2.80. The number of hydrogen-bond donors (Lipinski definition) is 1. The Balaban J connectivity index is 1.65. The van der Waals surface area contributed by atoms with Crippen LogP contribution in [-0.2, 0) is 11.2 Å². The van der Waals surface area contributed by atoms with Gasteiger partial charge in [0.05, 0.1) is 18.7 Å². The van der Waals surface area contributed by atoms with Crippen LogP contribution in [0, 0.1) is 11.3 Å². The van der Waals surface area contributed by atoms with E-state index < -0.39 is 18.5 Å². The number of aryl methyl sites for hydroxylation is 1. The third-order valence-corrected chi connectivity index (χ3v) is 5.79. The number of rotatable bonds is 9. The number of halogens is 4. The standard InChI is InChI=1S/C25H24ClF3N2O3/c1-33-18-8-9-20(23(26)14-18)21-13-17(31-24(32)22(21)15-30)7-6-16-4-2-5-19(12-16)34-11-3-10-25(27,28)29/h2,4-5,8-9,12,14,17H,3,6-7,10-11,13H2,1H3,(H,31,32). The summed E-state index contributed by atoms with van der Waals surface area (Å²) in [6.07, 6.45) is -3.53. The molecule has 0 aliphatic carbocycles. The predicted molar refractivity (Wildman–Crippen MR) is 123 cm³/mol. The Bertz CT molecular complexity index is 1110. The van der Waals surface area contributed by atoms with Crippen LogP contribution in [0.2, 0.25) is 5.02 Å². The third-order valence-electron chi connectivity index (χ3n) is 5.48. The molecule has 0 saturated carbocycles. The molecule has 1 amide bonds. The van der Waals surface area contributed by atoms with Crippen LogP contribution in [0.4, 0.5) is 13.2 Å². The molecule has 1 heterocycles. The maximum Gasteiger partial charge on any atom is 0.389 e. The number of ether oxygens (including phenoxy) is 2. The van der Waals surface area contributed by atoms with E-state index in [1.165, 1.54) is 7.11 Å². The second-order valence-electron chi connectivity index (χ2n) is 7.94. The fourth-order valence-electron chi connectivity index (χ4n) is 3.79. The van der Waals surface area contributed by atoms with Crippen molar-refractivity contribution in [2.24, 2.45) is 0 Å². The van der Waals surface area contributed by atoms with Gasteiger partial charge in [-0.25, -0.2) is 0 Å². The number of nitrogens with zero attached hydrogens (tertiary/aromatic N) is 1. The maximum atomic E-state index is 12.6. The minimum absolute atomic E-state index is 0.0185.